The zero-order valence-corrected chi connectivity index (χ0v) is 12.4. The molecule has 0 radical (unpaired) electrons. The molecule has 0 spiro atoms. The predicted octanol–water partition coefficient (Wildman–Crippen LogP) is 2.94. The minimum absolute atomic E-state index is 0.126. The maximum absolute atomic E-state index is 11.3. The van der Waals surface area contributed by atoms with E-state index in [0.717, 1.165) is 5.01 Å². The number of para-hydroxylation sites is 1. The van der Waals surface area contributed by atoms with Crippen LogP contribution in [0.15, 0.2) is 29.8 Å². The standard InChI is InChI=1S/C14H15N3O3S/c1-10-3-2-4-11(13(10)17(18)19)16-6-7-20-12(9-16)14-15-5-8-21-14/h2-5,8,12H,6-7,9H2,1H3/t12-/m1/s1. The number of benzene rings is 1. The molecule has 0 N–H and O–H groups in total. The first kappa shape index (κ1) is 14.0. The largest absolute Gasteiger partial charge is 0.367 e. The summed E-state index contributed by atoms with van der Waals surface area (Å²) in [5.74, 6) is 0. The molecule has 2 aromatic rings. The molecule has 0 saturated carbocycles. The Morgan fingerprint density at radius 3 is 3.10 bits per heavy atom. The molecule has 1 saturated heterocycles. The molecule has 1 aliphatic rings. The highest BCUT2D eigenvalue weighted by Crippen LogP contribution is 2.34. The van der Waals surface area contributed by atoms with Gasteiger partial charge in [-0.3, -0.25) is 10.1 Å². The van der Waals surface area contributed by atoms with Crippen molar-refractivity contribution in [2.24, 2.45) is 0 Å². The van der Waals surface area contributed by atoms with Gasteiger partial charge < -0.3 is 9.64 Å². The van der Waals surface area contributed by atoms with Crippen LogP contribution in [0.5, 0.6) is 0 Å². The highest BCUT2D eigenvalue weighted by molar-refractivity contribution is 7.09. The van der Waals surface area contributed by atoms with Gasteiger partial charge in [0.15, 0.2) is 0 Å². The van der Waals surface area contributed by atoms with Crippen LogP contribution < -0.4 is 4.90 Å². The van der Waals surface area contributed by atoms with Gasteiger partial charge >= 0.3 is 0 Å². The molecule has 21 heavy (non-hydrogen) atoms. The monoisotopic (exact) mass is 305 g/mol. The Hall–Kier alpha value is -1.99. The Kier molecular flexibility index (Phi) is 3.85. The van der Waals surface area contributed by atoms with Crippen molar-refractivity contribution < 1.29 is 9.66 Å². The zero-order valence-electron chi connectivity index (χ0n) is 11.6. The van der Waals surface area contributed by atoms with Crippen LogP contribution in [0.1, 0.15) is 16.7 Å². The van der Waals surface area contributed by atoms with Crippen LogP contribution in [0, 0.1) is 17.0 Å². The average Bonchev–Trinajstić information content (AvgIpc) is 3.01. The molecule has 1 aromatic carbocycles. The topological polar surface area (TPSA) is 68.5 Å². The molecule has 1 atom stereocenters. The van der Waals surface area contributed by atoms with Gasteiger partial charge in [0.05, 0.1) is 18.1 Å². The molecule has 3 rings (SSSR count). The van der Waals surface area contributed by atoms with E-state index in [1.54, 1.807) is 36.6 Å². The Bertz CT molecular complexity index is 645. The van der Waals surface area contributed by atoms with Crippen molar-refractivity contribution in [3.8, 4) is 0 Å². The summed E-state index contributed by atoms with van der Waals surface area (Å²) in [7, 11) is 0. The third-order valence-corrected chi connectivity index (χ3v) is 4.40. The van der Waals surface area contributed by atoms with E-state index >= 15 is 0 Å². The summed E-state index contributed by atoms with van der Waals surface area (Å²) in [6.45, 7) is 3.53. The average molecular weight is 305 g/mol. The number of aromatic nitrogens is 1. The van der Waals surface area contributed by atoms with E-state index in [2.05, 4.69) is 4.98 Å². The van der Waals surface area contributed by atoms with Gasteiger partial charge in [-0.05, 0) is 13.0 Å². The molecule has 1 aromatic heterocycles. The predicted molar refractivity (Wildman–Crippen MR) is 80.9 cm³/mol. The molecule has 1 aliphatic heterocycles. The van der Waals surface area contributed by atoms with Crippen LogP contribution in [0.2, 0.25) is 0 Å². The van der Waals surface area contributed by atoms with Gasteiger partial charge in [-0.2, -0.15) is 0 Å². The summed E-state index contributed by atoms with van der Waals surface area (Å²) in [6, 6.07) is 5.42. The second-order valence-electron chi connectivity index (χ2n) is 4.88. The molecule has 7 heteroatoms. The van der Waals surface area contributed by atoms with Crippen LogP contribution in [0.4, 0.5) is 11.4 Å². The minimum atomic E-state index is -0.307. The fraction of sp³-hybridized carbons (Fsp3) is 0.357. The third kappa shape index (κ3) is 2.74. The second kappa shape index (κ2) is 5.79. The Morgan fingerprint density at radius 2 is 2.38 bits per heavy atom. The van der Waals surface area contributed by atoms with Crippen molar-refractivity contribution in [2.75, 3.05) is 24.6 Å². The summed E-state index contributed by atoms with van der Waals surface area (Å²) in [5.41, 5.74) is 1.51. The highest BCUT2D eigenvalue weighted by Gasteiger charge is 2.28. The molecule has 0 unspecified atom stereocenters. The van der Waals surface area contributed by atoms with Gasteiger partial charge in [0, 0.05) is 23.7 Å². The first-order valence-corrected chi connectivity index (χ1v) is 7.54. The van der Waals surface area contributed by atoms with Crippen LogP contribution in [-0.4, -0.2) is 29.6 Å². The molecule has 0 aliphatic carbocycles. The second-order valence-corrected chi connectivity index (χ2v) is 5.80. The minimum Gasteiger partial charge on any atom is -0.367 e. The van der Waals surface area contributed by atoms with E-state index in [-0.39, 0.29) is 16.7 Å². The maximum Gasteiger partial charge on any atom is 0.295 e. The zero-order chi connectivity index (χ0) is 14.8. The van der Waals surface area contributed by atoms with Gasteiger partial charge in [0.2, 0.25) is 0 Å². The number of thiazole rings is 1. The number of nitro groups is 1. The molecule has 0 bridgehead atoms. The molecular weight excluding hydrogens is 290 g/mol. The number of hydrogen-bond donors (Lipinski definition) is 0. The summed E-state index contributed by atoms with van der Waals surface area (Å²) in [5, 5.41) is 14.2. The smallest absolute Gasteiger partial charge is 0.295 e. The molecule has 2 heterocycles. The van der Waals surface area contributed by atoms with Crippen molar-refractivity contribution in [1.82, 2.24) is 4.98 Å². The summed E-state index contributed by atoms with van der Waals surface area (Å²) >= 11 is 1.54. The van der Waals surface area contributed by atoms with E-state index in [1.165, 1.54) is 0 Å². The van der Waals surface area contributed by atoms with Crippen LogP contribution in [-0.2, 0) is 4.74 Å². The van der Waals surface area contributed by atoms with Gasteiger partial charge in [-0.25, -0.2) is 4.98 Å². The molecular formula is C14H15N3O3S. The summed E-state index contributed by atoms with van der Waals surface area (Å²) in [6.07, 6.45) is 1.62. The van der Waals surface area contributed by atoms with E-state index < -0.39 is 0 Å². The lowest BCUT2D eigenvalue weighted by atomic mass is 10.1. The number of aryl methyl sites for hydroxylation is 1. The highest BCUT2D eigenvalue weighted by atomic mass is 32.1. The maximum atomic E-state index is 11.3. The van der Waals surface area contributed by atoms with Crippen LogP contribution in [0.3, 0.4) is 0 Å². The number of morpholine rings is 1. The lowest BCUT2D eigenvalue weighted by Crippen LogP contribution is -2.38. The number of nitro benzene ring substituents is 1. The van der Waals surface area contributed by atoms with E-state index in [4.69, 9.17) is 4.74 Å². The molecule has 6 nitrogen and oxygen atoms in total. The lowest BCUT2D eigenvalue weighted by molar-refractivity contribution is -0.384. The van der Waals surface area contributed by atoms with Gasteiger partial charge in [0.1, 0.15) is 16.8 Å². The summed E-state index contributed by atoms with van der Waals surface area (Å²) in [4.78, 5) is 17.3. The molecule has 0 amide bonds. The van der Waals surface area contributed by atoms with E-state index in [1.807, 2.05) is 16.3 Å². The Labute approximate surface area is 126 Å². The van der Waals surface area contributed by atoms with Crippen LogP contribution in [0.25, 0.3) is 0 Å². The van der Waals surface area contributed by atoms with Crippen molar-refractivity contribution in [1.29, 1.82) is 0 Å². The number of rotatable bonds is 3. The number of ether oxygens (including phenoxy) is 1. The fourth-order valence-electron chi connectivity index (χ4n) is 2.55. The van der Waals surface area contributed by atoms with Crippen molar-refractivity contribution in [2.45, 2.75) is 13.0 Å². The Balaban J connectivity index is 1.90. The third-order valence-electron chi connectivity index (χ3n) is 3.53. The molecule has 1 fully saturated rings. The van der Waals surface area contributed by atoms with Crippen molar-refractivity contribution in [3.05, 3.63) is 50.5 Å². The Morgan fingerprint density at radius 1 is 1.52 bits per heavy atom. The first-order valence-electron chi connectivity index (χ1n) is 6.67. The lowest BCUT2D eigenvalue weighted by Gasteiger charge is -2.33. The van der Waals surface area contributed by atoms with Crippen LogP contribution >= 0.6 is 11.3 Å². The SMILES string of the molecule is Cc1cccc(N2CCO[C@@H](c3nccs3)C2)c1[N+](=O)[O-]. The first-order chi connectivity index (χ1) is 10.2. The summed E-state index contributed by atoms with van der Waals surface area (Å²) < 4.78 is 5.74. The van der Waals surface area contributed by atoms with E-state index in [0.29, 0.717) is 30.9 Å². The number of nitrogens with zero attached hydrogens (tertiary/aromatic N) is 3. The number of hydrogen-bond acceptors (Lipinski definition) is 6. The molecule has 110 valence electrons. The van der Waals surface area contributed by atoms with Gasteiger partial charge in [-0.15, -0.1) is 11.3 Å². The van der Waals surface area contributed by atoms with Gasteiger partial charge in [-0.1, -0.05) is 12.1 Å². The quantitative estimate of drug-likeness (QED) is 0.644. The number of anilines is 1. The van der Waals surface area contributed by atoms with E-state index in [9.17, 15) is 10.1 Å². The van der Waals surface area contributed by atoms with Gasteiger partial charge in [0.25, 0.3) is 5.69 Å². The fourth-order valence-corrected chi connectivity index (χ4v) is 3.22. The normalized spacial score (nSPS) is 18.7. The van der Waals surface area contributed by atoms with Crippen molar-refractivity contribution >= 4 is 22.7 Å². The van der Waals surface area contributed by atoms with Crippen molar-refractivity contribution in [3.63, 3.8) is 0 Å².